The van der Waals surface area contributed by atoms with Gasteiger partial charge in [-0.1, -0.05) is 35.9 Å². The van der Waals surface area contributed by atoms with Crippen LogP contribution in [0.4, 0.5) is 10.1 Å². The minimum atomic E-state index is -0.527. The van der Waals surface area contributed by atoms with Gasteiger partial charge in [0.15, 0.2) is 12.0 Å². The Kier molecular flexibility index (Phi) is 4.18. The van der Waals surface area contributed by atoms with Crippen LogP contribution >= 0.6 is 11.6 Å². The van der Waals surface area contributed by atoms with Crippen molar-refractivity contribution in [3.63, 3.8) is 0 Å². The summed E-state index contributed by atoms with van der Waals surface area (Å²) in [5.41, 5.74) is 6.83. The number of nitrogens with two attached hydrogens (primary N) is 1. The Morgan fingerprint density at radius 1 is 1.12 bits per heavy atom. The molecule has 3 rings (SSSR count). The summed E-state index contributed by atoms with van der Waals surface area (Å²) in [6.07, 6.45) is 1.18. The lowest BCUT2D eigenvalue weighted by Gasteiger charge is -2.12. The summed E-state index contributed by atoms with van der Waals surface area (Å²) in [5.74, 6) is -0.999. The van der Waals surface area contributed by atoms with E-state index in [9.17, 15) is 14.4 Å². The smallest absolute Gasteiger partial charge is 0.249 e. The van der Waals surface area contributed by atoms with Crippen LogP contribution in [0.2, 0.25) is 5.02 Å². The fourth-order valence-corrected chi connectivity index (χ4v) is 2.68. The van der Waals surface area contributed by atoms with E-state index in [4.69, 9.17) is 17.3 Å². The summed E-state index contributed by atoms with van der Waals surface area (Å²) < 4.78 is 13.9. The lowest BCUT2D eigenvalue weighted by Crippen LogP contribution is -2.31. The maximum absolute atomic E-state index is 13.4. The Morgan fingerprint density at radius 3 is 2.58 bits per heavy atom. The molecule has 0 aliphatic carbocycles. The van der Waals surface area contributed by atoms with E-state index < -0.39 is 11.6 Å². The first-order chi connectivity index (χ1) is 11.5. The van der Waals surface area contributed by atoms with E-state index in [1.807, 2.05) is 0 Å². The van der Waals surface area contributed by atoms with Crippen molar-refractivity contribution >= 4 is 23.1 Å². The largest absolute Gasteiger partial charge is 0.618 e. The molecular formula is C18H12ClFN2O2. The van der Waals surface area contributed by atoms with Crippen LogP contribution in [0.15, 0.2) is 60.8 Å². The molecule has 0 spiro atoms. The minimum absolute atomic E-state index is 0.00476. The molecule has 2 aromatic carbocycles. The first kappa shape index (κ1) is 16.0. The van der Waals surface area contributed by atoms with Gasteiger partial charge in [-0.3, -0.25) is 4.79 Å². The van der Waals surface area contributed by atoms with E-state index in [1.54, 1.807) is 24.3 Å². The first-order valence-corrected chi connectivity index (χ1v) is 7.43. The summed E-state index contributed by atoms with van der Waals surface area (Å²) in [4.78, 5) is 12.6. The van der Waals surface area contributed by atoms with E-state index in [-0.39, 0.29) is 22.5 Å². The van der Waals surface area contributed by atoms with Crippen molar-refractivity contribution in [1.82, 2.24) is 0 Å². The molecule has 0 aliphatic rings. The maximum atomic E-state index is 13.4. The zero-order chi connectivity index (χ0) is 17.3. The van der Waals surface area contributed by atoms with E-state index in [0.29, 0.717) is 15.3 Å². The highest BCUT2D eigenvalue weighted by molar-refractivity contribution is 6.33. The van der Waals surface area contributed by atoms with Crippen molar-refractivity contribution in [2.24, 2.45) is 0 Å². The first-order valence-electron chi connectivity index (χ1n) is 7.06. The molecule has 1 aromatic heterocycles. The number of carbonyl (C=O) groups is 1. The minimum Gasteiger partial charge on any atom is -0.618 e. The number of aromatic nitrogens is 1. The molecule has 24 heavy (non-hydrogen) atoms. The van der Waals surface area contributed by atoms with Gasteiger partial charge in [0.2, 0.25) is 5.69 Å². The van der Waals surface area contributed by atoms with Crippen molar-refractivity contribution in [2.45, 2.75) is 0 Å². The van der Waals surface area contributed by atoms with Gasteiger partial charge in [0, 0.05) is 11.6 Å². The second-order valence-corrected chi connectivity index (χ2v) is 5.54. The van der Waals surface area contributed by atoms with Crippen molar-refractivity contribution in [2.75, 3.05) is 5.73 Å². The normalized spacial score (nSPS) is 10.6. The van der Waals surface area contributed by atoms with Crippen LogP contribution in [0, 0.1) is 11.0 Å². The Hall–Kier alpha value is -2.92. The third-order valence-corrected chi connectivity index (χ3v) is 3.93. The van der Waals surface area contributed by atoms with Gasteiger partial charge in [-0.2, -0.15) is 4.73 Å². The number of anilines is 1. The predicted molar refractivity (Wildman–Crippen MR) is 90.1 cm³/mol. The molecule has 3 aromatic rings. The summed E-state index contributed by atoms with van der Waals surface area (Å²) in [5, 5.41) is 12.5. The molecule has 0 saturated carbocycles. The van der Waals surface area contributed by atoms with Gasteiger partial charge in [0.1, 0.15) is 11.5 Å². The van der Waals surface area contributed by atoms with Crippen molar-refractivity contribution in [3.05, 3.63) is 88.0 Å². The number of benzene rings is 2. The van der Waals surface area contributed by atoms with E-state index in [0.717, 1.165) is 6.07 Å². The van der Waals surface area contributed by atoms with Crippen LogP contribution in [-0.2, 0) is 0 Å². The quantitative estimate of drug-likeness (QED) is 0.449. The van der Waals surface area contributed by atoms with Gasteiger partial charge < -0.3 is 10.9 Å². The number of rotatable bonds is 3. The zero-order valence-electron chi connectivity index (χ0n) is 12.4. The number of hydrogen-bond donors (Lipinski definition) is 1. The van der Waals surface area contributed by atoms with Crippen LogP contribution < -0.4 is 10.5 Å². The monoisotopic (exact) mass is 342 g/mol. The number of halogens is 2. The number of ketones is 1. The van der Waals surface area contributed by atoms with Gasteiger partial charge in [-0.25, -0.2) is 4.39 Å². The molecule has 0 amide bonds. The lowest BCUT2D eigenvalue weighted by molar-refractivity contribution is -0.593. The highest BCUT2D eigenvalue weighted by Gasteiger charge is 2.23. The number of pyridine rings is 1. The summed E-state index contributed by atoms with van der Waals surface area (Å²) in [7, 11) is 0. The van der Waals surface area contributed by atoms with Crippen molar-refractivity contribution in [1.29, 1.82) is 0 Å². The predicted octanol–water partition coefficient (Wildman–Crippen LogP) is 3.59. The number of nitrogens with zero attached hydrogens (tertiary/aromatic N) is 1. The van der Waals surface area contributed by atoms with E-state index in [1.165, 1.54) is 30.5 Å². The van der Waals surface area contributed by atoms with Gasteiger partial charge in [0.25, 0.3) is 0 Å². The summed E-state index contributed by atoms with van der Waals surface area (Å²) in [6, 6.07) is 13.3. The third-order valence-electron chi connectivity index (χ3n) is 3.60. The molecule has 0 atom stereocenters. The van der Waals surface area contributed by atoms with Crippen LogP contribution in [0.1, 0.15) is 15.9 Å². The third kappa shape index (κ3) is 2.81. The molecule has 1 heterocycles. The van der Waals surface area contributed by atoms with E-state index in [2.05, 4.69) is 0 Å². The number of nitrogen functional groups attached to an aromatic ring is 1. The SMILES string of the molecule is Nc1c(C(=O)c2cccc(F)c2)cc[n+]([O-])c1-c1ccccc1Cl. The molecule has 6 heteroatoms. The van der Waals surface area contributed by atoms with E-state index >= 15 is 0 Å². The molecular weight excluding hydrogens is 331 g/mol. The average molecular weight is 343 g/mol. The van der Waals surface area contributed by atoms with Gasteiger partial charge in [-0.05, 0) is 24.3 Å². The topological polar surface area (TPSA) is 70.0 Å². The summed E-state index contributed by atoms with van der Waals surface area (Å²) in [6.45, 7) is 0. The van der Waals surface area contributed by atoms with Crippen LogP contribution in [0.25, 0.3) is 11.3 Å². The lowest BCUT2D eigenvalue weighted by atomic mass is 9.99. The maximum Gasteiger partial charge on any atom is 0.249 e. The summed E-state index contributed by atoms with van der Waals surface area (Å²) >= 11 is 6.13. The van der Waals surface area contributed by atoms with Gasteiger partial charge in [0.05, 0.1) is 16.1 Å². The molecule has 0 saturated heterocycles. The highest BCUT2D eigenvalue weighted by atomic mass is 35.5. The molecule has 0 radical (unpaired) electrons. The molecule has 0 fully saturated rings. The van der Waals surface area contributed by atoms with Crippen LogP contribution in [0.3, 0.4) is 0 Å². The second-order valence-electron chi connectivity index (χ2n) is 5.14. The Balaban J connectivity index is 2.17. The average Bonchev–Trinajstić information content (AvgIpc) is 2.56. The molecule has 2 N–H and O–H groups in total. The molecule has 0 bridgehead atoms. The Bertz CT molecular complexity index is 944. The standard InChI is InChI=1S/C18H12ClFN2O2/c19-15-7-2-1-6-13(15)17-16(21)14(8-9-22(17)24)18(23)11-4-3-5-12(20)10-11/h1-10H,21H2. The molecule has 4 nitrogen and oxygen atoms in total. The fraction of sp³-hybridized carbons (Fsp3) is 0. The molecule has 0 unspecified atom stereocenters. The Labute approximate surface area is 142 Å². The van der Waals surface area contributed by atoms with Gasteiger partial charge in [-0.15, -0.1) is 0 Å². The molecule has 120 valence electrons. The van der Waals surface area contributed by atoms with Crippen LogP contribution in [0.5, 0.6) is 0 Å². The van der Waals surface area contributed by atoms with Gasteiger partial charge >= 0.3 is 0 Å². The zero-order valence-corrected chi connectivity index (χ0v) is 13.1. The Morgan fingerprint density at radius 2 is 1.88 bits per heavy atom. The second kappa shape index (κ2) is 6.29. The van der Waals surface area contributed by atoms with Crippen molar-refractivity contribution < 1.29 is 13.9 Å². The number of carbonyl (C=O) groups excluding carboxylic acids is 1. The highest BCUT2D eigenvalue weighted by Crippen LogP contribution is 2.31. The van der Waals surface area contributed by atoms with Crippen molar-refractivity contribution in [3.8, 4) is 11.3 Å². The number of hydrogen-bond acceptors (Lipinski definition) is 3. The molecule has 0 aliphatic heterocycles. The van der Waals surface area contributed by atoms with Crippen LogP contribution in [-0.4, -0.2) is 5.78 Å². The fourth-order valence-electron chi connectivity index (χ4n) is 2.45.